The lowest BCUT2D eigenvalue weighted by Gasteiger charge is -2.07. The van der Waals surface area contributed by atoms with E-state index in [4.69, 9.17) is 4.42 Å². The number of hydrogen-bond donors (Lipinski definition) is 0. The van der Waals surface area contributed by atoms with Gasteiger partial charge in [-0.15, -0.1) is 11.3 Å². The Morgan fingerprint density at radius 1 is 0.724 bits per heavy atom. The average molecular weight is 393 g/mol. The molecule has 6 aromatic rings. The molecule has 0 fully saturated rings. The van der Waals surface area contributed by atoms with Crippen molar-refractivity contribution in [1.29, 1.82) is 0 Å². The van der Waals surface area contributed by atoms with Gasteiger partial charge in [0, 0.05) is 37.4 Å². The van der Waals surface area contributed by atoms with Gasteiger partial charge < -0.3 is 4.42 Å². The smallest absolute Gasteiger partial charge is 0.139 e. The predicted molar refractivity (Wildman–Crippen MR) is 125 cm³/mol. The minimum atomic E-state index is 0.879. The first-order valence-corrected chi connectivity index (χ1v) is 11.0. The van der Waals surface area contributed by atoms with Crippen LogP contribution >= 0.6 is 11.3 Å². The summed E-state index contributed by atoms with van der Waals surface area (Å²) in [4.78, 5) is 0. The molecule has 0 N–H and O–H groups in total. The summed E-state index contributed by atoms with van der Waals surface area (Å²) in [5.41, 5.74) is 5.96. The van der Waals surface area contributed by atoms with Crippen molar-refractivity contribution in [3.63, 3.8) is 0 Å². The van der Waals surface area contributed by atoms with Gasteiger partial charge in [0.1, 0.15) is 11.2 Å². The third kappa shape index (κ3) is 2.60. The van der Waals surface area contributed by atoms with Crippen LogP contribution in [0.5, 0.6) is 0 Å². The van der Waals surface area contributed by atoms with Crippen LogP contribution < -0.4 is 0 Å². The van der Waals surface area contributed by atoms with Crippen LogP contribution in [0.25, 0.3) is 42.1 Å². The fourth-order valence-corrected chi connectivity index (χ4v) is 5.65. The van der Waals surface area contributed by atoms with Gasteiger partial charge in [0.25, 0.3) is 0 Å². The molecule has 140 valence electrons. The van der Waals surface area contributed by atoms with E-state index in [9.17, 15) is 0 Å². The van der Waals surface area contributed by atoms with Crippen molar-refractivity contribution in [3.05, 3.63) is 95.6 Å². The summed E-state index contributed by atoms with van der Waals surface area (Å²) in [7, 11) is 0. The first-order valence-electron chi connectivity index (χ1n) is 10.1. The van der Waals surface area contributed by atoms with Gasteiger partial charge >= 0.3 is 0 Å². The molecule has 29 heavy (non-hydrogen) atoms. The molecular weight excluding hydrogens is 372 g/mol. The Hall–Kier alpha value is -3.10. The molecule has 4 aromatic carbocycles. The van der Waals surface area contributed by atoms with E-state index in [1.807, 2.05) is 17.4 Å². The molecule has 6 rings (SSSR count). The largest absolute Gasteiger partial charge is 0.456 e. The summed E-state index contributed by atoms with van der Waals surface area (Å²) >= 11 is 1.88. The number of para-hydroxylation sites is 1. The van der Waals surface area contributed by atoms with Gasteiger partial charge in [-0.2, -0.15) is 0 Å². The zero-order valence-corrected chi connectivity index (χ0v) is 17.1. The monoisotopic (exact) mass is 392 g/mol. The van der Waals surface area contributed by atoms with E-state index in [1.54, 1.807) is 0 Å². The van der Waals surface area contributed by atoms with Crippen molar-refractivity contribution >= 4 is 53.4 Å². The zero-order valence-electron chi connectivity index (χ0n) is 16.2. The molecule has 1 nitrogen and oxygen atoms in total. The normalized spacial score (nSPS) is 11.9. The summed E-state index contributed by atoms with van der Waals surface area (Å²) in [6.07, 6.45) is 1.89. The molecule has 0 spiro atoms. The minimum Gasteiger partial charge on any atom is -0.456 e. The van der Waals surface area contributed by atoms with E-state index < -0.39 is 0 Å². The maximum Gasteiger partial charge on any atom is 0.139 e. The maximum absolute atomic E-state index is 6.34. The summed E-state index contributed by atoms with van der Waals surface area (Å²) in [6, 6.07) is 28.5. The third-order valence-corrected chi connectivity index (χ3v) is 7.05. The Balaban J connectivity index is 1.51. The second-order valence-corrected chi connectivity index (χ2v) is 8.73. The Bertz CT molecular complexity index is 1520. The summed E-state index contributed by atoms with van der Waals surface area (Å²) in [6.45, 7) is 2.21. The lowest BCUT2D eigenvalue weighted by molar-refractivity contribution is 0.664. The summed E-state index contributed by atoms with van der Waals surface area (Å²) in [5, 5.41) is 5.21. The molecule has 0 aliphatic rings. The molecule has 2 heteroatoms. The van der Waals surface area contributed by atoms with Gasteiger partial charge in [0.05, 0.1) is 0 Å². The van der Waals surface area contributed by atoms with Crippen molar-refractivity contribution in [2.24, 2.45) is 0 Å². The van der Waals surface area contributed by atoms with Crippen LogP contribution in [0.3, 0.4) is 0 Å². The standard InChI is InChI=1S/C27H20OS/c1-2-18-12-13-19(27-26(18)22-8-3-5-9-23(22)28-27)15-17-11-14-21-20-7-4-6-10-24(20)29-25(21)16-17/h3-14,16H,2,15H2,1H3. The molecule has 0 bridgehead atoms. The minimum absolute atomic E-state index is 0.879. The number of fused-ring (bicyclic) bond motifs is 6. The second kappa shape index (κ2) is 6.47. The van der Waals surface area contributed by atoms with Crippen LogP contribution in [0.2, 0.25) is 0 Å². The Labute approximate surface area is 173 Å². The van der Waals surface area contributed by atoms with Gasteiger partial charge in [0.15, 0.2) is 0 Å². The zero-order chi connectivity index (χ0) is 19.4. The lowest BCUT2D eigenvalue weighted by Crippen LogP contribution is -1.91. The van der Waals surface area contributed by atoms with Crippen LogP contribution in [-0.2, 0) is 12.8 Å². The molecule has 0 amide bonds. The van der Waals surface area contributed by atoms with E-state index in [-0.39, 0.29) is 0 Å². The molecule has 0 unspecified atom stereocenters. The molecule has 2 aromatic heterocycles. The van der Waals surface area contributed by atoms with Crippen LogP contribution in [0, 0.1) is 0 Å². The summed E-state index contributed by atoms with van der Waals surface area (Å²) < 4.78 is 9.05. The fraction of sp³-hybridized carbons (Fsp3) is 0.111. The molecule has 0 saturated heterocycles. The van der Waals surface area contributed by atoms with E-state index in [1.165, 1.54) is 47.6 Å². The van der Waals surface area contributed by atoms with E-state index in [0.717, 1.165) is 24.0 Å². The van der Waals surface area contributed by atoms with E-state index in [0.29, 0.717) is 0 Å². The Morgan fingerprint density at radius 2 is 1.48 bits per heavy atom. The summed E-state index contributed by atoms with van der Waals surface area (Å²) in [5.74, 6) is 0. The van der Waals surface area contributed by atoms with Gasteiger partial charge in [-0.05, 0) is 41.3 Å². The fourth-order valence-electron chi connectivity index (χ4n) is 4.48. The number of rotatable bonds is 3. The maximum atomic E-state index is 6.34. The Kier molecular flexibility index (Phi) is 3.75. The SMILES string of the molecule is CCc1ccc(Cc2ccc3c(c2)sc2ccccc23)c2oc3ccccc3c12. The highest BCUT2D eigenvalue weighted by Crippen LogP contribution is 2.37. The average Bonchev–Trinajstić information content (AvgIpc) is 3.32. The number of aryl methyl sites for hydroxylation is 1. The van der Waals surface area contributed by atoms with Gasteiger partial charge in [-0.25, -0.2) is 0 Å². The first kappa shape index (κ1) is 16.8. The van der Waals surface area contributed by atoms with Crippen molar-refractivity contribution in [3.8, 4) is 0 Å². The van der Waals surface area contributed by atoms with Crippen LogP contribution in [-0.4, -0.2) is 0 Å². The Morgan fingerprint density at radius 3 is 2.38 bits per heavy atom. The molecule has 0 saturated carbocycles. The van der Waals surface area contributed by atoms with Crippen molar-refractivity contribution in [2.75, 3.05) is 0 Å². The van der Waals surface area contributed by atoms with Gasteiger partial charge in [-0.1, -0.05) is 67.6 Å². The quantitative estimate of drug-likeness (QED) is 0.296. The topological polar surface area (TPSA) is 13.1 Å². The molecule has 0 aliphatic heterocycles. The van der Waals surface area contributed by atoms with Crippen LogP contribution in [0.1, 0.15) is 23.6 Å². The van der Waals surface area contributed by atoms with Crippen molar-refractivity contribution in [1.82, 2.24) is 0 Å². The second-order valence-electron chi connectivity index (χ2n) is 7.65. The molecule has 0 radical (unpaired) electrons. The highest BCUT2D eigenvalue weighted by molar-refractivity contribution is 7.25. The van der Waals surface area contributed by atoms with Gasteiger partial charge in [0.2, 0.25) is 0 Å². The van der Waals surface area contributed by atoms with Crippen LogP contribution in [0.4, 0.5) is 0 Å². The molecule has 0 atom stereocenters. The number of thiophene rings is 1. The molecule has 0 aliphatic carbocycles. The van der Waals surface area contributed by atoms with E-state index >= 15 is 0 Å². The predicted octanol–water partition coefficient (Wildman–Crippen LogP) is 8.11. The highest BCUT2D eigenvalue weighted by Gasteiger charge is 2.15. The molecular formula is C27H20OS. The van der Waals surface area contributed by atoms with Gasteiger partial charge in [-0.3, -0.25) is 0 Å². The first-order chi connectivity index (χ1) is 14.3. The number of hydrogen-bond acceptors (Lipinski definition) is 2. The molecule has 2 heterocycles. The van der Waals surface area contributed by atoms with Crippen molar-refractivity contribution in [2.45, 2.75) is 19.8 Å². The van der Waals surface area contributed by atoms with E-state index in [2.05, 4.69) is 79.7 Å². The lowest BCUT2D eigenvalue weighted by atomic mass is 9.97. The highest BCUT2D eigenvalue weighted by atomic mass is 32.1. The third-order valence-electron chi connectivity index (χ3n) is 5.91. The van der Waals surface area contributed by atoms with Crippen molar-refractivity contribution < 1.29 is 4.42 Å². The van der Waals surface area contributed by atoms with Crippen LogP contribution in [0.15, 0.2) is 83.3 Å². The number of benzene rings is 4. The number of furan rings is 1.